The van der Waals surface area contributed by atoms with Gasteiger partial charge in [-0.2, -0.15) is 0 Å². The van der Waals surface area contributed by atoms with Gasteiger partial charge in [0.2, 0.25) is 0 Å². The Hall–Kier alpha value is 0.0382. The molecule has 0 heterocycles. The first-order valence-electron chi connectivity index (χ1n) is 4.63. The van der Waals surface area contributed by atoms with E-state index in [1.54, 1.807) is 5.56 Å². The van der Waals surface area contributed by atoms with Gasteiger partial charge in [-0.15, -0.1) is 0 Å². The topological polar surface area (TPSA) is 0 Å². The summed E-state index contributed by atoms with van der Waals surface area (Å²) >= 11 is -0.831. The summed E-state index contributed by atoms with van der Waals surface area (Å²) in [5.41, 5.74) is 1.56. The van der Waals surface area contributed by atoms with Gasteiger partial charge in [-0.05, 0) is 0 Å². The van der Waals surface area contributed by atoms with Gasteiger partial charge < -0.3 is 0 Å². The Balaban J connectivity index is 2.51. The summed E-state index contributed by atoms with van der Waals surface area (Å²) in [6, 6.07) is 10.9. The van der Waals surface area contributed by atoms with Crippen LogP contribution < -0.4 is 0 Å². The van der Waals surface area contributed by atoms with Crippen LogP contribution in [-0.4, -0.2) is 20.2 Å². The average Bonchev–Trinajstić information content (AvgIpc) is 2.16. The van der Waals surface area contributed by atoms with Crippen molar-refractivity contribution in [3.05, 3.63) is 35.9 Å². The fourth-order valence-corrected chi connectivity index (χ4v) is 5.92. The van der Waals surface area contributed by atoms with Crippen LogP contribution in [0.3, 0.4) is 0 Å². The number of benzene rings is 1. The summed E-state index contributed by atoms with van der Waals surface area (Å²) in [4.78, 5) is 0. The minimum absolute atomic E-state index is 0.831. The molecule has 0 fully saturated rings. The molecule has 0 bridgehead atoms. The van der Waals surface area contributed by atoms with Gasteiger partial charge in [0.05, 0.1) is 0 Å². The Morgan fingerprint density at radius 2 is 1.58 bits per heavy atom. The summed E-state index contributed by atoms with van der Waals surface area (Å²) in [5, 5.41) is 0. The van der Waals surface area contributed by atoms with Crippen molar-refractivity contribution in [1.82, 2.24) is 0 Å². The van der Waals surface area contributed by atoms with E-state index in [1.165, 1.54) is 13.1 Å². The van der Waals surface area contributed by atoms with E-state index in [2.05, 4.69) is 44.2 Å². The molecule has 1 rings (SSSR count). The second-order valence-electron chi connectivity index (χ2n) is 2.95. The van der Waals surface area contributed by atoms with E-state index < -0.39 is 20.2 Å². The summed E-state index contributed by atoms with van der Waals surface area (Å²) in [6.07, 6.45) is 0. The second kappa shape index (κ2) is 5.64. The Morgan fingerprint density at radius 1 is 1.00 bits per heavy atom. The molecule has 0 nitrogen and oxygen atoms in total. The van der Waals surface area contributed by atoms with Crippen LogP contribution in [0.2, 0.25) is 8.73 Å². The van der Waals surface area contributed by atoms with Crippen molar-refractivity contribution in [2.75, 3.05) is 0 Å². The number of rotatable bonds is 4. The normalized spacial score (nSPS) is 10.6. The van der Waals surface area contributed by atoms with Gasteiger partial charge in [0.25, 0.3) is 0 Å². The Morgan fingerprint density at radius 3 is 2.08 bits per heavy atom. The minimum atomic E-state index is -0.831. The van der Waals surface area contributed by atoms with Crippen LogP contribution in [0.5, 0.6) is 0 Å². The standard InChI is InChI=1S/C7H7.2C2H5.Sb/c1-7-5-3-2-4-6-7;2*1-2;/h2-6H,1H2;2*1H2,2H3;. The first-order chi connectivity index (χ1) is 5.86. The molecule has 0 aliphatic carbocycles. The van der Waals surface area contributed by atoms with E-state index in [0.29, 0.717) is 0 Å². The van der Waals surface area contributed by atoms with Gasteiger partial charge >= 0.3 is 83.1 Å². The second-order valence-corrected chi connectivity index (χ2v) is 11.3. The van der Waals surface area contributed by atoms with Gasteiger partial charge in [0.15, 0.2) is 0 Å². The fraction of sp³-hybridized carbons (Fsp3) is 0.455. The van der Waals surface area contributed by atoms with Crippen molar-refractivity contribution in [2.45, 2.75) is 26.9 Å². The van der Waals surface area contributed by atoms with Crippen LogP contribution in [0.25, 0.3) is 0 Å². The fourth-order valence-electron chi connectivity index (χ4n) is 1.29. The SMILES string of the molecule is C[CH2][Sb]([CH2]C)[CH2]c1ccccc1. The molecule has 0 N–H and O–H groups in total. The van der Waals surface area contributed by atoms with Crippen molar-refractivity contribution in [3.63, 3.8) is 0 Å². The Labute approximate surface area is 83.0 Å². The first kappa shape index (κ1) is 10.1. The third-order valence-electron chi connectivity index (χ3n) is 2.14. The number of hydrogen-bond acceptors (Lipinski definition) is 0. The van der Waals surface area contributed by atoms with Gasteiger partial charge in [0.1, 0.15) is 0 Å². The average molecular weight is 271 g/mol. The summed E-state index contributed by atoms with van der Waals surface area (Å²) < 4.78 is 4.39. The molecule has 0 saturated carbocycles. The zero-order valence-electron chi connectivity index (χ0n) is 7.96. The van der Waals surface area contributed by atoms with Crippen molar-refractivity contribution in [2.24, 2.45) is 0 Å². The van der Waals surface area contributed by atoms with Gasteiger partial charge in [-0.1, -0.05) is 0 Å². The van der Waals surface area contributed by atoms with Crippen LogP contribution in [0, 0.1) is 0 Å². The Kier molecular flexibility index (Phi) is 4.76. The van der Waals surface area contributed by atoms with Crippen LogP contribution in [-0.2, 0) is 4.37 Å². The van der Waals surface area contributed by atoms with Crippen LogP contribution in [0.1, 0.15) is 19.4 Å². The quantitative estimate of drug-likeness (QED) is 0.737. The molecule has 1 aromatic rings. The zero-order chi connectivity index (χ0) is 8.81. The van der Waals surface area contributed by atoms with E-state index in [0.717, 1.165) is 0 Å². The van der Waals surface area contributed by atoms with Gasteiger partial charge in [-0.3, -0.25) is 0 Å². The van der Waals surface area contributed by atoms with Crippen molar-refractivity contribution in [3.8, 4) is 0 Å². The van der Waals surface area contributed by atoms with E-state index >= 15 is 0 Å². The van der Waals surface area contributed by atoms with E-state index in [1.807, 2.05) is 0 Å². The van der Waals surface area contributed by atoms with E-state index in [-0.39, 0.29) is 0 Å². The molecule has 0 unspecified atom stereocenters. The van der Waals surface area contributed by atoms with E-state index in [4.69, 9.17) is 0 Å². The van der Waals surface area contributed by atoms with Gasteiger partial charge in [0, 0.05) is 0 Å². The molecule has 12 heavy (non-hydrogen) atoms. The van der Waals surface area contributed by atoms with Gasteiger partial charge in [-0.25, -0.2) is 0 Å². The number of hydrogen-bond donors (Lipinski definition) is 0. The third kappa shape index (κ3) is 3.19. The molecule has 0 aliphatic rings. The van der Waals surface area contributed by atoms with Crippen LogP contribution in [0.15, 0.2) is 30.3 Å². The molecule has 0 aliphatic heterocycles. The predicted octanol–water partition coefficient (Wildman–Crippen LogP) is 3.30. The molecule has 0 atom stereocenters. The van der Waals surface area contributed by atoms with Crippen molar-refractivity contribution >= 4 is 20.2 Å². The molecular weight excluding hydrogens is 254 g/mol. The molecule has 1 heteroatoms. The first-order valence-corrected chi connectivity index (χ1v) is 10.0. The summed E-state index contributed by atoms with van der Waals surface area (Å²) in [5.74, 6) is 0. The van der Waals surface area contributed by atoms with Crippen molar-refractivity contribution in [1.29, 1.82) is 0 Å². The van der Waals surface area contributed by atoms with Crippen LogP contribution in [0.4, 0.5) is 0 Å². The predicted molar refractivity (Wildman–Crippen MR) is 56.9 cm³/mol. The molecule has 1 aromatic carbocycles. The zero-order valence-corrected chi connectivity index (χ0v) is 10.5. The van der Waals surface area contributed by atoms with E-state index in [9.17, 15) is 0 Å². The van der Waals surface area contributed by atoms with Crippen molar-refractivity contribution < 1.29 is 0 Å². The summed E-state index contributed by atoms with van der Waals surface area (Å²) in [6.45, 7) is 4.71. The third-order valence-corrected chi connectivity index (χ3v) is 9.57. The van der Waals surface area contributed by atoms with Crippen LogP contribution >= 0.6 is 0 Å². The molecule has 0 spiro atoms. The maximum atomic E-state index is 2.36. The Bertz CT molecular complexity index is 202. The molecule has 0 aromatic heterocycles. The molecular formula is C11H17Sb. The monoisotopic (exact) mass is 270 g/mol. The summed E-state index contributed by atoms with van der Waals surface area (Å²) in [7, 11) is 0. The maximum absolute atomic E-state index is 2.36. The molecule has 0 saturated heterocycles. The molecule has 0 amide bonds. The molecule has 66 valence electrons. The molecule has 0 radical (unpaired) electrons.